The van der Waals surface area contributed by atoms with Gasteiger partial charge in [0.05, 0.1) is 6.10 Å². The van der Waals surface area contributed by atoms with Crippen molar-refractivity contribution in [3.05, 3.63) is 21.9 Å². The van der Waals surface area contributed by atoms with Gasteiger partial charge in [0.15, 0.2) is 0 Å². The summed E-state index contributed by atoms with van der Waals surface area (Å²) in [6.07, 6.45) is 3.94. The highest BCUT2D eigenvalue weighted by atomic mass is 32.1. The third kappa shape index (κ3) is 3.52. The lowest BCUT2D eigenvalue weighted by molar-refractivity contribution is -0.0215. The molecule has 1 aliphatic carbocycles. The summed E-state index contributed by atoms with van der Waals surface area (Å²) < 4.78 is 0. The molecule has 0 saturated heterocycles. The Bertz CT molecular complexity index is 474. The third-order valence-corrected chi connectivity index (χ3v) is 6.78. The van der Waals surface area contributed by atoms with E-state index in [1.807, 2.05) is 0 Å². The zero-order chi connectivity index (χ0) is 15.9. The molecule has 0 spiro atoms. The summed E-state index contributed by atoms with van der Waals surface area (Å²) in [5.41, 5.74) is 6.51. The average Bonchev–Trinajstić information content (AvgIpc) is 2.88. The van der Waals surface area contributed by atoms with Gasteiger partial charge in [-0.3, -0.25) is 0 Å². The molecule has 1 fully saturated rings. The maximum absolute atomic E-state index is 11.0. The van der Waals surface area contributed by atoms with E-state index in [1.54, 1.807) is 11.3 Å². The van der Waals surface area contributed by atoms with Crippen LogP contribution in [0.4, 0.5) is 0 Å². The Kier molecular flexibility index (Phi) is 4.59. The number of aliphatic hydroxyl groups excluding tert-OH is 1. The van der Waals surface area contributed by atoms with Crippen LogP contribution in [0.15, 0.2) is 12.1 Å². The molecule has 120 valence electrons. The van der Waals surface area contributed by atoms with Gasteiger partial charge in [0, 0.05) is 21.7 Å². The summed E-state index contributed by atoms with van der Waals surface area (Å²) >= 11 is 1.75. The molecule has 1 atom stereocenters. The Morgan fingerprint density at radius 2 is 1.76 bits per heavy atom. The highest BCUT2D eigenvalue weighted by Crippen LogP contribution is 2.51. The maximum Gasteiger partial charge on any atom is 0.0950 e. The molecule has 1 unspecified atom stereocenters. The number of nitrogens with two attached hydrogens (primary N) is 1. The van der Waals surface area contributed by atoms with Gasteiger partial charge in [-0.15, -0.1) is 11.3 Å². The van der Waals surface area contributed by atoms with E-state index in [1.165, 1.54) is 4.88 Å². The molecular formula is C18H31NOS. The lowest BCUT2D eigenvalue weighted by Crippen LogP contribution is -2.41. The van der Waals surface area contributed by atoms with Crippen molar-refractivity contribution in [3.63, 3.8) is 0 Å². The van der Waals surface area contributed by atoms with Crippen LogP contribution >= 0.6 is 11.3 Å². The summed E-state index contributed by atoms with van der Waals surface area (Å²) in [6, 6.07) is 4.27. The summed E-state index contributed by atoms with van der Waals surface area (Å²) in [6.45, 7) is 11.9. The van der Waals surface area contributed by atoms with Crippen molar-refractivity contribution < 1.29 is 5.11 Å². The quantitative estimate of drug-likeness (QED) is 0.855. The minimum Gasteiger partial charge on any atom is -0.387 e. The van der Waals surface area contributed by atoms with Crippen LogP contribution in [0.3, 0.4) is 0 Å². The molecule has 3 N–H and O–H groups in total. The zero-order valence-corrected chi connectivity index (χ0v) is 15.0. The average molecular weight is 310 g/mol. The minimum absolute atomic E-state index is 0.129. The van der Waals surface area contributed by atoms with Crippen LogP contribution in [0.25, 0.3) is 0 Å². The van der Waals surface area contributed by atoms with Crippen molar-refractivity contribution in [2.45, 2.75) is 71.8 Å². The summed E-state index contributed by atoms with van der Waals surface area (Å²) in [7, 11) is 0. The molecule has 1 aromatic heterocycles. The van der Waals surface area contributed by atoms with Gasteiger partial charge in [-0.1, -0.05) is 34.6 Å². The molecule has 0 aromatic carbocycles. The number of hydrogen-bond donors (Lipinski definition) is 2. The van der Waals surface area contributed by atoms with Gasteiger partial charge in [-0.25, -0.2) is 0 Å². The SMILES string of the molecule is CC1(C)CCC(CN)(C(O)c2ccc(C(C)(C)C)s2)CC1. The fourth-order valence-corrected chi connectivity index (χ4v) is 4.41. The molecule has 3 heteroatoms. The van der Waals surface area contributed by atoms with E-state index in [0.717, 1.165) is 30.6 Å². The van der Waals surface area contributed by atoms with E-state index in [4.69, 9.17) is 5.73 Å². The Hall–Kier alpha value is -0.380. The van der Waals surface area contributed by atoms with E-state index in [0.29, 0.717) is 12.0 Å². The molecule has 21 heavy (non-hydrogen) atoms. The second kappa shape index (κ2) is 5.68. The van der Waals surface area contributed by atoms with E-state index in [-0.39, 0.29) is 10.8 Å². The largest absolute Gasteiger partial charge is 0.387 e. The van der Waals surface area contributed by atoms with E-state index in [2.05, 4.69) is 46.8 Å². The topological polar surface area (TPSA) is 46.2 Å². The summed E-state index contributed by atoms with van der Waals surface area (Å²) in [5.74, 6) is 0. The summed E-state index contributed by atoms with van der Waals surface area (Å²) in [5, 5.41) is 11.0. The van der Waals surface area contributed by atoms with Crippen LogP contribution in [-0.4, -0.2) is 11.7 Å². The second-order valence-corrected chi connectivity index (χ2v) is 9.70. The van der Waals surface area contributed by atoms with Gasteiger partial charge in [0.2, 0.25) is 0 Å². The first-order valence-corrected chi connectivity index (χ1v) is 8.90. The molecule has 0 amide bonds. The molecule has 1 saturated carbocycles. The fraction of sp³-hybridized carbons (Fsp3) is 0.778. The highest BCUT2D eigenvalue weighted by molar-refractivity contribution is 7.12. The lowest BCUT2D eigenvalue weighted by atomic mass is 9.62. The highest BCUT2D eigenvalue weighted by Gasteiger charge is 2.43. The van der Waals surface area contributed by atoms with Crippen molar-refractivity contribution in [1.29, 1.82) is 0 Å². The second-order valence-electron chi connectivity index (χ2n) is 8.59. The number of hydrogen-bond acceptors (Lipinski definition) is 3. The number of rotatable bonds is 3. The smallest absolute Gasteiger partial charge is 0.0950 e. The van der Waals surface area contributed by atoms with E-state index in [9.17, 15) is 5.11 Å². The van der Waals surface area contributed by atoms with Crippen LogP contribution in [0.2, 0.25) is 0 Å². The predicted octanol–water partition coefficient (Wildman–Crippen LogP) is 4.62. The monoisotopic (exact) mass is 309 g/mol. The first-order valence-electron chi connectivity index (χ1n) is 8.08. The fourth-order valence-electron chi connectivity index (χ4n) is 3.22. The Labute approximate surface area is 133 Å². The third-order valence-electron chi connectivity index (χ3n) is 5.22. The van der Waals surface area contributed by atoms with Crippen molar-refractivity contribution in [3.8, 4) is 0 Å². The molecule has 2 rings (SSSR count). The Balaban J connectivity index is 2.21. The first kappa shape index (κ1) is 17.0. The Morgan fingerprint density at radius 3 is 2.19 bits per heavy atom. The summed E-state index contributed by atoms with van der Waals surface area (Å²) in [4.78, 5) is 2.42. The van der Waals surface area contributed by atoms with Crippen LogP contribution < -0.4 is 5.73 Å². The molecule has 2 nitrogen and oxygen atoms in total. The minimum atomic E-state index is -0.417. The molecule has 0 radical (unpaired) electrons. The normalized spacial score (nSPS) is 23.0. The number of thiophene rings is 1. The van der Waals surface area contributed by atoms with Gasteiger partial charge in [-0.05, 0) is 48.6 Å². The van der Waals surface area contributed by atoms with Crippen LogP contribution in [0.5, 0.6) is 0 Å². The van der Waals surface area contributed by atoms with Gasteiger partial charge < -0.3 is 10.8 Å². The van der Waals surface area contributed by atoms with E-state index < -0.39 is 6.10 Å². The van der Waals surface area contributed by atoms with Gasteiger partial charge >= 0.3 is 0 Å². The standard InChI is InChI=1S/C18H31NOS/c1-16(2,3)14-7-6-13(21-14)15(20)18(12-19)10-8-17(4,5)9-11-18/h6-7,15,20H,8-12,19H2,1-5H3. The first-order chi connectivity index (χ1) is 9.60. The van der Waals surface area contributed by atoms with Crippen LogP contribution in [0.1, 0.15) is 76.2 Å². The number of aliphatic hydroxyl groups is 1. The molecular weight excluding hydrogens is 278 g/mol. The van der Waals surface area contributed by atoms with E-state index >= 15 is 0 Å². The maximum atomic E-state index is 11.0. The molecule has 0 bridgehead atoms. The van der Waals surface area contributed by atoms with Crippen LogP contribution in [-0.2, 0) is 5.41 Å². The lowest BCUT2D eigenvalue weighted by Gasteiger charge is -2.45. The van der Waals surface area contributed by atoms with Crippen molar-refractivity contribution in [1.82, 2.24) is 0 Å². The molecule has 1 aliphatic rings. The zero-order valence-electron chi connectivity index (χ0n) is 14.2. The van der Waals surface area contributed by atoms with Crippen molar-refractivity contribution >= 4 is 11.3 Å². The van der Waals surface area contributed by atoms with Gasteiger partial charge in [0.25, 0.3) is 0 Å². The molecule has 1 aromatic rings. The van der Waals surface area contributed by atoms with Crippen molar-refractivity contribution in [2.75, 3.05) is 6.54 Å². The van der Waals surface area contributed by atoms with Crippen LogP contribution in [0, 0.1) is 10.8 Å². The van der Waals surface area contributed by atoms with Crippen molar-refractivity contribution in [2.24, 2.45) is 16.6 Å². The molecule has 0 aliphatic heterocycles. The van der Waals surface area contributed by atoms with Gasteiger partial charge in [-0.2, -0.15) is 0 Å². The molecule has 1 heterocycles. The predicted molar refractivity (Wildman–Crippen MR) is 91.7 cm³/mol. The Morgan fingerprint density at radius 1 is 1.19 bits per heavy atom. The van der Waals surface area contributed by atoms with Gasteiger partial charge in [0.1, 0.15) is 0 Å².